The number of anilines is 1. The van der Waals surface area contributed by atoms with Crippen LogP contribution in [0.4, 0.5) is 10.1 Å². The van der Waals surface area contributed by atoms with E-state index in [1.165, 1.54) is 0 Å². The van der Waals surface area contributed by atoms with Gasteiger partial charge in [-0.3, -0.25) is 4.72 Å². The van der Waals surface area contributed by atoms with Gasteiger partial charge in [-0.1, -0.05) is 26.0 Å². The molecule has 0 saturated carbocycles. The van der Waals surface area contributed by atoms with Crippen LogP contribution in [0.25, 0.3) is 0 Å². The van der Waals surface area contributed by atoms with Crippen molar-refractivity contribution in [3.63, 3.8) is 0 Å². The van der Waals surface area contributed by atoms with E-state index in [9.17, 15) is 17.6 Å². The number of sulfonamides is 1. The van der Waals surface area contributed by atoms with Crippen LogP contribution >= 0.6 is 0 Å². The third-order valence-corrected chi connectivity index (χ3v) is 4.67. The molecule has 0 fully saturated rings. The van der Waals surface area contributed by atoms with Crippen LogP contribution in [0.1, 0.15) is 35.7 Å². The van der Waals surface area contributed by atoms with E-state index in [4.69, 9.17) is 5.11 Å². The van der Waals surface area contributed by atoms with E-state index in [1.807, 2.05) is 19.9 Å². The summed E-state index contributed by atoms with van der Waals surface area (Å²) in [5, 5.41) is 8.92. The third-order valence-electron chi connectivity index (χ3n) is 3.27. The van der Waals surface area contributed by atoms with E-state index in [-0.39, 0.29) is 17.2 Å². The maximum atomic E-state index is 13.8. The monoisotopic (exact) mass is 337 g/mol. The molecule has 122 valence electrons. The van der Waals surface area contributed by atoms with E-state index in [2.05, 4.69) is 4.72 Å². The topological polar surface area (TPSA) is 83.5 Å². The number of rotatable bonds is 5. The number of hydrogen-bond acceptors (Lipinski definition) is 3. The van der Waals surface area contributed by atoms with Gasteiger partial charge in [0.2, 0.25) is 0 Å². The number of aromatic carboxylic acids is 1. The van der Waals surface area contributed by atoms with Gasteiger partial charge in [-0.25, -0.2) is 17.6 Å². The summed E-state index contributed by atoms with van der Waals surface area (Å²) in [6.45, 7) is 3.92. The van der Waals surface area contributed by atoms with Crippen LogP contribution in [0.5, 0.6) is 0 Å². The summed E-state index contributed by atoms with van der Waals surface area (Å²) < 4.78 is 40.8. The zero-order chi connectivity index (χ0) is 17.2. The predicted octanol–water partition coefficient (Wildman–Crippen LogP) is 3.45. The molecule has 0 amide bonds. The Bertz CT molecular complexity index is 847. The maximum Gasteiger partial charge on any atom is 0.335 e. The van der Waals surface area contributed by atoms with Crippen LogP contribution in [0.15, 0.2) is 47.4 Å². The lowest BCUT2D eigenvalue weighted by Crippen LogP contribution is -2.15. The maximum absolute atomic E-state index is 13.8. The molecule has 0 radical (unpaired) electrons. The highest BCUT2D eigenvalue weighted by Crippen LogP contribution is 2.23. The van der Waals surface area contributed by atoms with Gasteiger partial charge < -0.3 is 5.11 Å². The fraction of sp³-hybridized carbons (Fsp3) is 0.188. The first-order valence-electron chi connectivity index (χ1n) is 6.86. The average molecular weight is 337 g/mol. The second-order valence-corrected chi connectivity index (χ2v) is 6.99. The van der Waals surface area contributed by atoms with Crippen molar-refractivity contribution in [2.75, 3.05) is 4.72 Å². The number of benzene rings is 2. The third kappa shape index (κ3) is 3.87. The Balaban J connectivity index is 2.41. The molecule has 0 heterocycles. The molecule has 0 aliphatic rings. The molecule has 0 saturated heterocycles. The Hall–Kier alpha value is -2.41. The van der Waals surface area contributed by atoms with Crippen molar-refractivity contribution in [2.24, 2.45) is 0 Å². The van der Waals surface area contributed by atoms with E-state index in [1.54, 1.807) is 18.2 Å². The Morgan fingerprint density at radius 3 is 2.48 bits per heavy atom. The number of nitrogens with one attached hydrogen (secondary N) is 1. The second-order valence-electron chi connectivity index (χ2n) is 5.34. The summed E-state index contributed by atoms with van der Waals surface area (Å²) in [4.78, 5) is 10.2. The van der Waals surface area contributed by atoms with Crippen LogP contribution < -0.4 is 4.72 Å². The van der Waals surface area contributed by atoms with Gasteiger partial charge >= 0.3 is 5.97 Å². The molecule has 0 aromatic heterocycles. The van der Waals surface area contributed by atoms with Crippen LogP contribution in [0.3, 0.4) is 0 Å². The number of carbonyl (C=O) groups is 1. The largest absolute Gasteiger partial charge is 0.478 e. The molecule has 2 aromatic carbocycles. The molecular formula is C16H16FNO4S. The van der Waals surface area contributed by atoms with Gasteiger partial charge in [0.15, 0.2) is 0 Å². The van der Waals surface area contributed by atoms with Crippen molar-refractivity contribution < 1.29 is 22.7 Å². The van der Waals surface area contributed by atoms with Crippen LogP contribution in [0.2, 0.25) is 0 Å². The fourth-order valence-corrected chi connectivity index (χ4v) is 3.17. The Labute approximate surface area is 133 Å². The van der Waals surface area contributed by atoms with Gasteiger partial charge in [0.05, 0.1) is 5.56 Å². The Kier molecular flexibility index (Phi) is 4.70. The minimum Gasteiger partial charge on any atom is -0.478 e. The van der Waals surface area contributed by atoms with Gasteiger partial charge in [-0.2, -0.15) is 0 Å². The zero-order valence-electron chi connectivity index (χ0n) is 12.6. The summed E-state index contributed by atoms with van der Waals surface area (Å²) in [5.74, 6) is -2.14. The molecule has 5 nitrogen and oxygen atoms in total. The fourth-order valence-electron chi connectivity index (χ4n) is 2.01. The quantitative estimate of drug-likeness (QED) is 0.875. The number of hydrogen-bond donors (Lipinski definition) is 2. The number of carboxylic acids is 1. The highest BCUT2D eigenvalue weighted by atomic mass is 32.2. The van der Waals surface area contributed by atoms with E-state index in [0.29, 0.717) is 0 Å². The van der Waals surface area contributed by atoms with E-state index in [0.717, 1.165) is 23.8 Å². The summed E-state index contributed by atoms with van der Waals surface area (Å²) in [6, 6.07) is 9.37. The summed E-state index contributed by atoms with van der Waals surface area (Å²) in [7, 11) is -4.23. The van der Waals surface area contributed by atoms with E-state index < -0.39 is 26.7 Å². The van der Waals surface area contributed by atoms with Crippen LogP contribution in [-0.2, 0) is 10.0 Å². The molecule has 0 aliphatic carbocycles. The molecule has 0 atom stereocenters. The van der Waals surface area contributed by atoms with Gasteiger partial charge in [0.1, 0.15) is 10.7 Å². The van der Waals surface area contributed by atoms with Crippen molar-refractivity contribution in [2.45, 2.75) is 24.7 Å². The number of carboxylic acid groups (broad SMARTS) is 1. The molecular weight excluding hydrogens is 321 g/mol. The van der Waals surface area contributed by atoms with Gasteiger partial charge in [0, 0.05) is 5.69 Å². The molecule has 0 spiro atoms. The van der Waals surface area contributed by atoms with Gasteiger partial charge in [0.25, 0.3) is 10.0 Å². The lowest BCUT2D eigenvalue weighted by Gasteiger charge is -2.12. The first-order valence-corrected chi connectivity index (χ1v) is 8.34. The molecule has 23 heavy (non-hydrogen) atoms. The lowest BCUT2D eigenvalue weighted by molar-refractivity contribution is 0.0696. The molecule has 0 aliphatic heterocycles. The highest BCUT2D eigenvalue weighted by molar-refractivity contribution is 7.92. The minimum absolute atomic E-state index is 0.200. The average Bonchev–Trinajstić information content (AvgIpc) is 2.47. The smallest absolute Gasteiger partial charge is 0.335 e. The molecule has 7 heteroatoms. The molecule has 2 aromatic rings. The SMILES string of the molecule is CC(C)c1cccc(NS(=O)(=O)c2cc(C(=O)O)ccc2F)c1. The van der Waals surface area contributed by atoms with Crippen molar-refractivity contribution in [3.05, 3.63) is 59.4 Å². The predicted molar refractivity (Wildman–Crippen MR) is 84.7 cm³/mol. The van der Waals surface area contributed by atoms with Crippen LogP contribution in [-0.4, -0.2) is 19.5 Å². The van der Waals surface area contributed by atoms with Crippen molar-refractivity contribution in [1.29, 1.82) is 0 Å². The molecule has 0 bridgehead atoms. The summed E-state index contributed by atoms with van der Waals surface area (Å²) in [6.07, 6.45) is 0. The molecule has 0 unspecified atom stereocenters. The first kappa shape index (κ1) is 17.0. The van der Waals surface area contributed by atoms with E-state index >= 15 is 0 Å². The van der Waals surface area contributed by atoms with Crippen LogP contribution in [0, 0.1) is 5.82 Å². The Morgan fingerprint density at radius 2 is 1.87 bits per heavy atom. The lowest BCUT2D eigenvalue weighted by atomic mass is 10.0. The molecule has 2 rings (SSSR count). The van der Waals surface area contributed by atoms with Gasteiger partial charge in [-0.05, 0) is 41.8 Å². The normalized spacial score (nSPS) is 11.5. The Morgan fingerprint density at radius 1 is 1.17 bits per heavy atom. The standard InChI is InChI=1S/C16H16FNO4S/c1-10(2)11-4-3-5-13(8-11)18-23(21,22)15-9-12(16(19)20)6-7-14(15)17/h3-10,18H,1-2H3,(H,19,20). The van der Waals surface area contributed by atoms with Crippen molar-refractivity contribution in [1.82, 2.24) is 0 Å². The summed E-state index contributed by atoms with van der Waals surface area (Å²) in [5.41, 5.74) is 0.906. The van der Waals surface area contributed by atoms with Crippen molar-refractivity contribution in [3.8, 4) is 0 Å². The van der Waals surface area contributed by atoms with Gasteiger partial charge in [-0.15, -0.1) is 0 Å². The first-order chi connectivity index (χ1) is 10.7. The van der Waals surface area contributed by atoms with Crippen molar-refractivity contribution >= 4 is 21.7 Å². The summed E-state index contributed by atoms with van der Waals surface area (Å²) >= 11 is 0. The molecule has 2 N–H and O–H groups in total. The minimum atomic E-state index is -4.23. The second kappa shape index (κ2) is 6.37. The zero-order valence-corrected chi connectivity index (χ0v) is 13.4. The number of halogens is 1. The highest BCUT2D eigenvalue weighted by Gasteiger charge is 2.21.